The molecule has 4 aromatic rings. The third kappa shape index (κ3) is 8.40. The zero-order valence-electron chi connectivity index (χ0n) is 26.7. The fraction of sp³-hybridized carbons (Fsp3) is 0.353. The molecule has 12 heteroatoms. The maximum Gasteiger partial charge on any atom is 0.312 e. The SMILES string of the molecule is C=CC(=O)Nc1cccc(Oc2nc(Nc3ccc(NC4CCN(CCOC)C4)cc3)nc3c2ccn3COC(=O)C(C)(C)C)c1. The number of carbonyl (C=O) groups is 2. The number of likely N-dealkylation sites (tertiary alicyclic amines) is 1. The van der Waals surface area contributed by atoms with Crippen LogP contribution < -0.4 is 20.7 Å². The number of aromatic nitrogens is 3. The van der Waals surface area contributed by atoms with E-state index in [0.717, 1.165) is 44.0 Å². The maximum atomic E-state index is 12.5. The van der Waals surface area contributed by atoms with Crippen LogP contribution in [0.15, 0.2) is 73.4 Å². The zero-order chi connectivity index (χ0) is 32.7. The monoisotopic (exact) mass is 627 g/mol. The second kappa shape index (κ2) is 14.4. The van der Waals surface area contributed by atoms with Crippen molar-refractivity contribution in [2.75, 3.05) is 49.3 Å². The Morgan fingerprint density at radius 3 is 2.59 bits per heavy atom. The number of hydrogen-bond acceptors (Lipinski definition) is 10. The molecule has 1 aliphatic heterocycles. The lowest BCUT2D eigenvalue weighted by atomic mass is 9.98. The van der Waals surface area contributed by atoms with Gasteiger partial charge in [0.15, 0.2) is 12.4 Å². The van der Waals surface area contributed by atoms with Crippen LogP contribution in [0.2, 0.25) is 0 Å². The van der Waals surface area contributed by atoms with E-state index >= 15 is 0 Å². The standard InChI is InChI=1S/C34H41N7O5/c1-6-29(42)36-25-8-7-9-27(20-25)46-31-28-15-17-41(22-45-32(43)34(2,3)4)30(28)38-33(39-31)37-24-12-10-23(11-13-24)35-26-14-16-40(21-26)18-19-44-5/h6-13,15,17,20,26,35H,1,14,16,18-19,21-22H2,2-5H3,(H,36,42)(H,37,38,39). The molecule has 1 fully saturated rings. The highest BCUT2D eigenvalue weighted by Gasteiger charge is 2.24. The Kier molecular flexibility index (Phi) is 10.2. The first kappa shape index (κ1) is 32.5. The van der Waals surface area contributed by atoms with Crippen LogP contribution in [0.4, 0.5) is 23.0 Å². The summed E-state index contributed by atoms with van der Waals surface area (Å²) >= 11 is 0. The number of hydrogen-bond donors (Lipinski definition) is 3. The lowest BCUT2D eigenvalue weighted by Crippen LogP contribution is -2.28. The summed E-state index contributed by atoms with van der Waals surface area (Å²) in [5.74, 6) is 0.390. The van der Waals surface area contributed by atoms with Crippen molar-refractivity contribution in [3.63, 3.8) is 0 Å². The van der Waals surface area contributed by atoms with E-state index in [1.54, 1.807) is 62.9 Å². The molecule has 5 rings (SSSR count). The summed E-state index contributed by atoms with van der Waals surface area (Å²) in [6, 6.07) is 17.1. The van der Waals surface area contributed by atoms with E-state index in [2.05, 4.69) is 32.4 Å². The third-order valence-corrected chi connectivity index (χ3v) is 7.43. The number of fused-ring (bicyclic) bond motifs is 1. The van der Waals surface area contributed by atoms with Gasteiger partial charge in [0.1, 0.15) is 5.75 Å². The highest BCUT2D eigenvalue weighted by atomic mass is 16.5. The lowest BCUT2D eigenvalue weighted by molar-refractivity contribution is -0.156. The van der Waals surface area contributed by atoms with Gasteiger partial charge in [0.05, 0.1) is 17.4 Å². The van der Waals surface area contributed by atoms with Crippen LogP contribution in [-0.2, 0) is 25.8 Å². The van der Waals surface area contributed by atoms with Crippen molar-refractivity contribution < 1.29 is 23.8 Å². The van der Waals surface area contributed by atoms with Crippen LogP contribution in [0.1, 0.15) is 27.2 Å². The molecule has 2 aromatic carbocycles. The summed E-state index contributed by atoms with van der Waals surface area (Å²) in [7, 11) is 1.73. The van der Waals surface area contributed by atoms with Gasteiger partial charge < -0.3 is 30.2 Å². The molecular weight excluding hydrogens is 586 g/mol. The molecule has 1 atom stereocenters. The van der Waals surface area contributed by atoms with E-state index in [1.807, 2.05) is 30.3 Å². The van der Waals surface area contributed by atoms with Crippen LogP contribution in [-0.4, -0.2) is 70.7 Å². The Hall–Kier alpha value is -4.94. The minimum absolute atomic E-state index is 0.0248. The fourth-order valence-corrected chi connectivity index (χ4v) is 4.95. The largest absolute Gasteiger partial charge is 0.443 e. The summed E-state index contributed by atoms with van der Waals surface area (Å²) < 4.78 is 18.7. The summed E-state index contributed by atoms with van der Waals surface area (Å²) in [4.78, 5) is 36.1. The molecule has 0 spiro atoms. The van der Waals surface area contributed by atoms with E-state index in [4.69, 9.17) is 19.2 Å². The predicted molar refractivity (Wildman–Crippen MR) is 178 cm³/mol. The average Bonchev–Trinajstić information content (AvgIpc) is 3.66. The molecule has 1 amide bonds. The van der Waals surface area contributed by atoms with Gasteiger partial charge in [-0.25, -0.2) is 0 Å². The van der Waals surface area contributed by atoms with E-state index < -0.39 is 5.41 Å². The van der Waals surface area contributed by atoms with E-state index in [-0.39, 0.29) is 24.5 Å². The molecule has 12 nitrogen and oxygen atoms in total. The number of amides is 1. The number of anilines is 4. The number of ether oxygens (including phenoxy) is 3. The molecule has 46 heavy (non-hydrogen) atoms. The number of methoxy groups -OCH3 is 1. The second-order valence-corrected chi connectivity index (χ2v) is 12.1. The zero-order valence-corrected chi connectivity index (χ0v) is 26.7. The van der Waals surface area contributed by atoms with E-state index in [0.29, 0.717) is 34.5 Å². The van der Waals surface area contributed by atoms with Gasteiger partial charge in [0, 0.05) is 62.1 Å². The maximum absolute atomic E-state index is 12.5. The van der Waals surface area contributed by atoms with Crippen LogP contribution in [0.25, 0.3) is 11.0 Å². The molecule has 0 radical (unpaired) electrons. The minimum Gasteiger partial charge on any atom is -0.443 e. The Labute approximate surface area is 268 Å². The third-order valence-electron chi connectivity index (χ3n) is 7.43. The molecule has 1 saturated heterocycles. The van der Waals surface area contributed by atoms with Gasteiger partial charge in [0.25, 0.3) is 0 Å². The molecule has 2 aromatic heterocycles. The number of nitrogens with zero attached hydrogens (tertiary/aromatic N) is 4. The highest BCUT2D eigenvalue weighted by molar-refractivity contribution is 5.99. The van der Waals surface area contributed by atoms with Gasteiger partial charge >= 0.3 is 5.97 Å². The quantitative estimate of drug-likeness (QED) is 0.124. The van der Waals surface area contributed by atoms with Crippen molar-refractivity contribution in [3.8, 4) is 11.6 Å². The Bertz CT molecular complexity index is 1680. The van der Waals surface area contributed by atoms with Gasteiger partial charge in [-0.15, -0.1) is 0 Å². The molecule has 1 unspecified atom stereocenters. The minimum atomic E-state index is -0.646. The average molecular weight is 628 g/mol. The second-order valence-electron chi connectivity index (χ2n) is 12.1. The molecule has 1 aliphatic rings. The van der Waals surface area contributed by atoms with Gasteiger partial charge in [0.2, 0.25) is 17.7 Å². The van der Waals surface area contributed by atoms with Crippen LogP contribution in [0.3, 0.4) is 0 Å². The predicted octanol–water partition coefficient (Wildman–Crippen LogP) is 5.77. The van der Waals surface area contributed by atoms with Gasteiger partial charge in [-0.2, -0.15) is 9.97 Å². The molecule has 0 bridgehead atoms. The molecule has 242 valence electrons. The van der Waals surface area contributed by atoms with Crippen LogP contribution >= 0.6 is 0 Å². The summed E-state index contributed by atoms with van der Waals surface area (Å²) in [6.07, 6.45) is 4.05. The van der Waals surface area contributed by atoms with E-state index in [1.165, 1.54) is 6.08 Å². The van der Waals surface area contributed by atoms with Crippen LogP contribution in [0, 0.1) is 5.41 Å². The van der Waals surface area contributed by atoms with Gasteiger partial charge in [-0.05, 0) is 75.7 Å². The number of nitrogens with one attached hydrogen (secondary N) is 3. The van der Waals surface area contributed by atoms with Gasteiger partial charge in [-0.3, -0.25) is 19.1 Å². The smallest absolute Gasteiger partial charge is 0.312 e. The van der Waals surface area contributed by atoms with Crippen molar-refractivity contribution in [2.45, 2.75) is 40.0 Å². The van der Waals surface area contributed by atoms with Crippen molar-refractivity contribution in [1.82, 2.24) is 19.4 Å². The first-order valence-electron chi connectivity index (χ1n) is 15.2. The summed E-state index contributed by atoms with van der Waals surface area (Å²) in [5, 5.41) is 10.3. The van der Waals surface area contributed by atoms with E-state index in [9.17, 15) is 9.59 Å². The molecule has 0 aliphatic carbocycles. The molecule has 0 saturated carbocycles. The van der Waals surface area contributed by atoms with Crippen molar-refractivity contribution in [2.24, 2.45) is 5.41 Å². The van der Waals surface area contributed by atoms with Gasteiger partial charge in [-0.1, -0.05) is 12.6 Å². The molecule has 3 heterocycles. The number of carbonyl (C=O) groups excluding carboxylic acids is 2. The first-order chi connectivity index (χ1) is 22.1. The number of esters is 1. The van der Waals surface area contributed by atoms with Crippen molar-refractivity contribution >= 4 is 45.9 Å². The Morgan fingerprint density at radius 1 is 1.07 bits per heavy atom. The number of rotatable bonds is 13. The van der Waals surface area contributed by atoms with Crippen molar-refractivity contribution in [1.29, 1.82) is 0 Å². The number of benzene rings is 2. The van der Waals surface area contributed by atoms with Crippen LogP contribution in [0.5, 0.6) is 11.6 Å². The normalized spacial score (nSPS) is 15.0. The Balaban J connectivity index is 1.37. The lowest BCUT2D eigenvalue weighted by Gasteiger charge is -2.17. The highest BCUT2D eigenvalue weighted by Crippen LogP contribution is 2.32. The topological polar surface area (TPSA) is 132 Å². The molecule has 3 N–H and O–H groups in total. The molecular formula is C34H41N7O5. The van der Waals surface area contributed by atoms with Crippen molar-refractivity contribution in [3.05, 3.63) is 73.4 Å². The fourth-order valence-electron chi connectivity index (χ4n) is 4.95. The summed E-state index contributed by atoms with van der Waals surface area (Å²) in [5.41, 5.74) is 2.24. The first-order valence-corrected chi connectivity index (χ1v) is 15.2. The Morgan fingerprint density at radius 2 is 1.85 bits per heavy atom. The summed E-state index contributed by atoms with van der Waals surface area (Å²) in [6.45, 7) is 12.6.